The van der Waals surface area contributed by atoms with E-state index in [2.05, 4.69) is 20.8 Å². The van der Waals surface area contributed by atoms with Gasteiger partial charge in [0.15, 0.2) is 5.82 Å². The molecule has 3 N–H and O–H groups in total. The van der Waals surface area contributed by atoms with Crippen LogP contribution in [-0.2, 0) is 26.3 Å². The van der Waals surface area contributed by atoms with E-state index in [4.69, 9.17) is 9.63 Å². The van der Waals surface area contributed by atoms with Crippen LogP contribution in [0.25, 0.3) is 0 Å². The van der Waals surface area contributed by atoms with Crippen molar-refractivity contribution >= 4 is 17.8 Å². The number of rotatable bonds is 7. The molecule has 0 spiro atoms. The number of carbonyl (C=O) groups excluding carboxylic acids is 2. The number of aliphatic carboxylic acids is 1. The van der Waals surface area contributed by atoms with Crippen LogP contribution >= 0.6 is 0 Å². The van der Waals surface area contributed by atoms with Crippen LogP contribution < -0.4 is 10.6 Å². The molecule has 2 aliphatic carbocycles. The molecule has 0 aromatic carbocycles. The summed E-state index contributed by atoms with van der Waals surface area (Å²) in [5.74, 6) is -0.707. The predicted octanol–water partition coefficient (Wildman–Crippen LogP) is 1.42. The van der Waals surface area contributed by atoms with Crippen molar-refractivity contribution in [3.8, 4) is 0 Å². The SMILES string of the molecule is CC(=O)NC1(c2noc(CCC(=O)NC3(C(=O)O)CC3)n2)CCCCCC1. The highest BCUT2D eigenvalue weighted by Crippen LogP contribution is 2.36. The molecule has 2 saturated carbocycles. The molecule has 1 heterocycles. The van der Waals surface area contributed by atoms with Gasteiger partial charge in [-0.1, -0.05) is 30.8 Å². The average Bonchev–Trinajstić information content (AvgIpc) is 3.29. The maximum Gasteiger partial charge on any atom is 0.329 e. The highest BCUT2D eigenvalue weighted by molar-refractivity contribution is 5.89. The van der Waals surface area contributed by atoms with Gasteiger partial charge in [0.1, 0.15) is 11.1 Å². The molecule has 148 valence electrons. The first kappa shape index (κ1) is 19.3. The number of amides is 2. The fourth-order valence-corrected chi connectivity index (χ4v) is 3.69. The van der Waals surface area contributed by atoms with Gasteiger partial charge in [-0.05, 0) is 25.7 Å². The average molecular weight is 378 g/mol. The second kappa shape index (κ2) is 7.66. The van der Waals surface area contributed by atoms with Crippen LogP contribution in [0, 0.1) is 0 Å². The molecule has 9 heteroatoms. The van der Waals surface area contributed by atoms with E-state index in [0.29, 0.717) is 24.6 Å². The molecular weight excluding hydrogens is 352 g/mol. The summed E-state index contributed by atoms with van der Waals surface area (Å²) in [4.78, 5) is 39.3. The highest BCUT2D eigenvalue weighted by atomic mass is 16.5. The van der Waals surface area contributed by atoms with Gasteiger partial charge in [-0.15, -0.1) is 0 Å². The van der Waals surface area contributed by atoms with Crippen molar-refractivity contribution in [1.29, 1.82) is 0 Å². The summed E-state index contributed by atoms with van der Waals surface area (Å²) in [7, 11) is 0. The standard InChI is InChI=1S/C18H26N4O5/c1-12(23)20-17(8-4-2-3-5-9-17)15-19-14(27-22-15)7-6-13(24)21-18(10-11-18)16(25)26/h2-11H2,1H3,(H,20,23)(H,21,24)(H,25,26). The van der Waals surface area contributed by atoms with Crippen molar-refractivity contribution in [1.82, 2.24) is 20.8 Å². The first-order chi connectivity index (χ1) is 12.9. The minimum absolute atomic E-state index is 0.0732. The van der Waals surface area contributed by atoms with Crippen molar-refractivity contribution in [3.63, 3.8) is 0 Å². The molecule has 1 aromatic rings. The van der Waals surface area contributed by atoms with Gasteiger partial charge in [0.25, 0.3) is 0 Å². The van der Waals surface area contributed by atoms with Crippen molar-refractivity contribution in [2.75, 3.05) is 0 Å². The number of carboxylic acid groups (broad SMARTS) is 1. The molecule has 3 rings (SSSR count). The maximum atomic E-state index is 12.0. The van der Waals surface area contributed by atoms with E-state index in [1.165, 1.54) is 6.92 Å². The number of carboxylic acids is 1. The fourth-order valence-electron chi connectivity index (χ4n) is 3.69. The molecular formula is C18H26N4O5. The molecule has 0 unspecified atom stereocenters. The molecule has 2 amide bonds. The minimum atomic E-state index is -1.09. The lowest BCUT2D eigenvalue weighted by Gasteiger charge is -2.30. The largest absolute Gasteiger partial charge is 0.480 e. The van der Waals surface area contributed by atoms with Crippen molar-refractivity contribution in [2.45, 2.75) is 82.2 Å². The maximum absolute atomic E-state index is 12.0. The van der Waals surface area contributed by atoms with E-state index < -0.39 is 17.0 Å². The Balaban J connectivity index is 1.63. The van der Waals surface area contributed by atoms with E-state index in [9.17, 15) is 14.4 Å². The topological polar surface area (TPSA) is 134 Å². The molecule has 0 atom stereocenters. The highest BCUT2D eigenvalue weighted by Gasteiger charge is 2.51. The van der Waals surface area contributed by atoms with Crippen LogP contribution in [0.2, 0.25) is 0 Å². The number of aryl methyl sites for hydroxylation is 1. The lowest BCUT2D eigenvalue weighted by atomic mass is 9.89. The number of hydrogen-bond donors (Lipinski definition) is 3. The van der Waals surface area contributed by atoms with Gasteiger partial charge >= 0.3 is 5.97 Å². The van der Waals surface area contributed by atoms with Gasteiger partial charge in [0.2, 0.25) is 17.7 Å². The molecule has 0 bridgehead atoms. The van der Waals surface area contributed by atoms with Crippen molar-refractivity contribution in [2.24, 2.45) is 0 Å². The Kier molecular flexibility index (Phi) is 5.48. The third-order valence-corrected chi connectivity index (χ3v) is 5.37. The van der Waals surface area contributed by atoms with E-state index in [1.807, 2.05) is 0 Å². The van der Waals surface area contributed by atoms with Crippen LogP contribution in [0.1, 0.15) is 76.4 Å². The van der Waals surface area contributed by atoms with E-state index in [1.54, 1.807) is 0 Å². The van der Waals surface area contributed by atoms with Gasteiger partial charge in [0, 0.05) is 19.8 Å². The van der Waals surface area contributed by atoms with E-state index in [-0.39, 0.29) is 24.7 Å². The zero-order valence-corrected chi connectivity index (χ0v) is 15.5. The van der Waals surface area contributed by atoms with Crippen LogP contribution in [0.5, 0.6) is 0 Å². The molecule has 9 nitrogen and oxygen atoms in total. The van der Waals surface area contributed by atoms with Crippen molar-refractivity contribution in [3.05, 3.63) is 11.7 Å². The van der Waals surface area contributed by atoms with Crippen LogP contribution in [0.3, 0.4) is 0 Å². The van der Waals surface area contributed by atoms with Gasteiger partial charge in [-0.2, -0.15) is 4.98 Å². The molecule has 0 aliphatic heterocycles. The fraction of sp³-hybridized carbons (Fsp3) is 0.722. The molecule has 1 aromatic heterocycles. The number of nitrogens with one attached hydrogen (secondary N) is 2. The normalized spacial score (nSPS) is 20.3. The first-order valence-corrected chi connectivity index (χ1v) is 9.51. The Morgan fingerprint density at radius 2 is 1.74 bits per heavy atom. The molecule has 2 aliphatic rings. The number of aromatic nitrogens is 2. The lowest BCUT2D eigenvalue weighted by Crippen LogP contribution is -2.45. The summed E-state index contributed by atoms with van der Waals surface area (Å²) in [5.41, 5.74) is -1.71. The Morgan fingerprint density at radius 3 is 2.30 bits per heavy atom. The Labute approximate surface area is 157 Å². The quantitative estimate of drug-likeness (QED) is 0.611. The summed E-state index contributed by atoms with van der Waals surface area (Å²) in [5, 5.41) is 18.8. The van der Waals surface area contributed by atoms with Gasteiger partial charge < -0.3 is 20.3 Å². The lowest BCUT2D eigenvalue weighted by molar-refractivity contribution is -0.143. The zero-order chi connectivity index (χ0) is 19.5. The molecule has 0 radical (unpaired) electrons. The van der Waals surface area contributed by atoms with Gasteiger partial charge in [-0.3, -0.25) is 9.59 Å². The van der Waals surface area contributed by atoms with Crippen LogP contribution in [-0.4, -0.2) is 38.6 Å². The number of nitrogens with zero attached hydrogens (tertiary/aromatic N) is 2. The number of hydrogen-bond acceptors (Lipinski definition) is 6. The zero-order valence-electron chi connectivity index (χ0n) is 15.5. The smallest absolute Gasteiger partial charge is 0.329 e. The second-order valence-electron chi connectivity index (χ2n) is 7.62. The van der Waals surface area contributed by atoms with E-state index in [0.717, 1.165) is 38.5 Å². The Hall–Kier alpha value is -2.45. The third-order valence-electron chi connectivity index (χ3n) is 5.37. The van der Waals surface area contributed by atoms with Crippen LogP contribution in [0.15, 0.2) is 4.52 Å². The van der Waals surface area contributed by atoms with Crippen molar-refractivity contribution < 1.29 is 24.0 Å². The van der Waals surface area contributed by atoms with Gasteiger partial charge in [-0.25, -0.2) is 4.79 Å². The molecule has 27 heavy (non-hydrogen) atoms. The monoisotopic (exact) mass is 378 g/mol. The summed E-state index contributed by atoms with van der Waals surface area (Å²) in [6, 6.07) is 0. The number of carbonyl (C=O) groups is 3. The van der Waals surface area contributed by atoms with E-state index >= 15 is 0 Å². The summed E-state index contributed by atoms with van der Waals surface area (Å²) < 4.78 is 5.30. The van der Waals surface area contributed by atoms with Crippen LogP contribution in [0.4, 0.5) is 0 Å². The Morgan fingerprint density at radius 1 is 1.07 bits per heavy atom. The Bertz CT molecular complexity index is 717. The van der Waals surface area contributed by atoms with Gasteiger partial charge in [0.05, 0.1) is 0 Å². The third kappa shape index (κ3) is 4.45. The molecule has 2 fully saturated rings. The molecule has 0 saturated heterocycles. The first-order valence-electron chi connectivity index (χ1n) is 9.51. The minimum Gasteiger partial charge on any atom is -0.480 e. The summed E-state index contributed by atoms with van der Waals surface area (Å²) in [6.45, 7) is 1.48. The summed E-state index contributed by atoms with van der Waals surface area (Å²) >= 11 is 0. The second-order valence-corrected chi connectivity index (χ2v) is 7.62. The predicted molar refractivity (Wildman–Crippen MR) is 93.6 cm³/mol. The summed E-state index contributed by atoms with van der Waals surface area (Å²) in [6.07, 6.45) is 6.90.